The molecule has 0 atom stereocenters. The number of rotatable bonds is 8. The lowest BCUT2D eigenvalue weighted by Gasteiger charge is -2.33. The average Bonchev–Trinajstić information content (AvgIpc) is 2.77. The van der Waals surface area contributed by atoms with Gasteiger partial charge < -0.3 is 25.7 Å². The van der Waals surface area contributed by atoms with Crippen molar-refractivity contribution >= 4 is 47.7 Å². The van der Waals surface area contributed by atoms with Gasteiger partial charge in [0.25, 0.3) is 5.91 Å². The quantitative estimate of drug-likeness (QED) is 0.229. The molecule has 10 nitrogen and oxygen atoms in total. The van der Waals surface area contributed by atoms with Crippen LogP contribution in [-0.2, 0) is 9.40 Å². The van der Waals surface area contributed by atoms with E-state index in [2.05, 4.69) is 26.4 Å². The Kier molecular flexibility index (Phi) is 8.25. The van der Waals surface area contributed by atoms with Gasteiger partial charge in [-0.1, -0.05) is 37.6 Å². The molecule has 188 valence electrons. The lowest BCUT2D eigenvalue weighted by molar-refractivity contribution is 0.0208. The Hall–Kier alpha value is -2.88. The highest BCUT2D eigenvalue weighted by atomic mass is 35.5. The molecule has 0 radical (unpaired) electrons. The Labute approximate surface area is 208 Å². The second-order valence-corrected chi connectivity index (χ2v) is 10.8. The lowest BCUT2D eigenvalue weighted by Crippen LogP contribution is -2.50. The first-order chi connectivity index (χ1) is 16.4. The molecule has 0 saturated heterocycles. The first kappa shape index (κ1) is 26.7. The van der Waals surface area contributed by atoms with Crippen LogP contribution in [-0.4, -0.2) is 33.8 Å². The smallest absolute Gasteiger partial charge is 0.346 e. The van der Waals surface area contributed by atoms with Gasteiger partial charge in [0.15, 0.2) is 5.82 Å². The Morgan fingerprint density at radius 3 is 2.43 bits per heavy atom. The molecule has 1 heterocycles. The Bertz CT molecular complexity index is 1190. The van der Waals surface area contributed by atoms with Gasteiger partial charge in [-0.15, -0.1) is 0 Å². The van der Waals surface area contributed by atoms with E-state index in [0.717, 1.165) is 0 Å². The molecule has 2 aromatic rings. The summed E-state index contributed by atoms with van der Waals surface area (Å²) >= 11 is 6.55. The third-order valence-electron chi connectivity index (χ3n) is 4.87. The maximum absolute atomic E-state index is 12.2. The Balaban J connectivity index is 1.78. The van der Waals surface area contributed by atoms with Gasteiger partial charge in [0.2, 0.25) is 5.96 Å². The molecular formula is C23H29ClN5O5P. The Morgan fingerprint density at radius 1 is 1.14 bits per heavy atom. The SMILES string of the molecule is CC(C)CONC(=O)c1ccc(NC2=NC(Nc3ccccc3P(=O)(O)O)=C(Cl)C(C)(C)N2)cc1. The number of nitrogens with one attached hydrogen (secondary N) is 4. The van der Waals surface area contributed by atoms with Gasteiger partial charge in [0.1, 0.15) is 0 Å². The second kappa shape index (κ2) is 10.8. The summed E-state index contributed by atoms with van der Waals surface area (Å²) in [5.74, 6) is 0.531. The zero-order chi connectivity index (χ0) is 25.8. The fourth-order valence-electron chi connectivity index (χ4n) is 3.11. The van der Waals surface area contributed by atoms with Crippen molar-refractivity contribution in [2.45, 2.75) is 33.2 Å². The van der Waals surface area contributed by atoms with Gasteiger partial charge in [-0.05, 0) is 56.2 Å². The van der Waals surface area contributed by atoms with Gasteiger partial charge in [-0.25, -0.2) is 5.48 Å². The topological polar surface area (TPSA) is 144 Å². The minimum absolute atomic E-state index is 0.163. The summed E-state index contributed by atoms with van der Waals surface area (Å²) in [7, 11) is -4.52. The number of carbonyl (C=O) groups excluding carboxylic acids is 1. The van der Waals surface area contributed by atoms with E-state index in [0.29, 0.717) is 34.8 Å². The number of amides is 1. The highest BCUT2D eigenvalue weighted by Crippen LogP contribution is 2.37. The van der Waals surface area contributed by atoms with Crippen molar-refractivity contribution in [3.8, 4) is 0 Å². The highest BCUT2D eigenvalue weighted by Gasteiger charge is 2.32. The molecule has 12 heteroatoms. The fourth-order valence-corrected chi connectivity index (χ4v) is 3.97. The van der Waals surface area contributed by atoms with Crippen LogP contribution in [0, 0.1) is 5.92 Å². The van der Waals surface area contributed by atoms with Crippen molar-refractivity contribution in [1.82, 2.24) is 10.8 Å². The third-order valence-corrected chi connectivity index (χ3v) is 6.54. The number of hydrogen-bond acceptors (Lipinski definition) is 7. The molecule has 0 spiro atoms. The second-order valence-electron chi connectivity index (χ2n) is 8.90. The number of anilines is 2. The predicted octanol–water partition coefficient (Wildman–Crippen LogP) is 3.48. The summed E-state index contributed by atoms with van der Waals surface area (Å²) in [5.41, 5.74) is 2.95. The van der Waals surface area contributed by atoms with Crippen LogP contribution in [0.3, 0.4) is 0 Å². The standard InChI is InChI=1S/C23H29ClN5O5P/c1-14(2)13-34-29-21(30)15-9-11-16(12-10-15)25-22-27-20(19(24)23(3,4)28-22)26-17-7-5-6-8-18(17)35(31,32)33/h5-12,14,26H,13H2,1-4H3,(H,29,30)(H2,25,27,28)(H2,31,32,33). The van der Waals surface area contributed by atoms with Crippen molar-refractivity contribution < 1.29 is 24.0 Å². The van der Waals surface area contributed by atoms with Crippen LogP contribution < -0.4 is 26.7 Å². The number of guanidine groups is 1. The van der Waals surface area contributed by atoms with Crippen LogP contribution in [0.1, 0.15) is 38.1 Å². The molecule has 35 heavy (non-hydrogen) atoms. The lowest BCUT2D eigenvalue weighted by atomic mass is 10.0. The van der Waals surface area contributed by atoms with Crippen LogP contribution in [0.15, 0.2) is 64.4 Å². The number of aliphatic imine (C=N–C) groups is 1. The molecule has 1 amide bonds. The zero-order valence-electron chi connectivity index (χ0n) is 19.8. The molecule has 0 fully saturated rings. The van der Waals surface area contributed by atoms with Crippen LogP contribution >= 0.6 is 19.2 Å². The van der Waals surface area contributed by atoms with Gasteiger partial charge in [0, 0.05) is 11.3 Å². The van der Waals surface area contributed by atoms with Crippen molar-refractivity contribution in [3.05, 3.63) is 64.9 Å². The molecule has 0 aliphatic carbocycles. The molecule has 6 N–H and O–H groups in total. The monoisotopic (exact) mass is 521 g/mol. The average molecular weight is 522 g/mol. The van der Waals surface area contributed by atoms with Crippen LogP contribution in [0.5, 0.6) is 0 Å². The number of carbonyl (C=O) groups is 1. The molecule has 2 aromatic carbocycles. The van der Waals surface area contributed by atoms with Crippen molar-refractivity contribution in [3.63, 3.8) is 0 Å². The molecule has 0 unspecified atom stereocenters. The van der Waals surface area contributed by atoms with Gasteiger partial charge in [-0.3, -0.25) is 14.2 Å². The van der Waals surface area contributed by atoms with Crippen LogP contribution in [0.4, 0.5) is 11.4 Å². The minimum Gasteiger partial charge on any atom is -0.346 e. The molecule has 3 rings (SSSR count). The van der Waals surface area contributed by atoms with E-state index in [9.17, 15) is 19.1 Å². The largest absolute Gasteiger partial charge is 0.358 e. The first-order valence-corrected chi connectivity index (χ1v) is 12.8. The Morgan fingerprint density at radius 2 is 1.80 bits per heavy atom. The number of halogens is 1. The van der Waals surface area contributed by atoms with Gasteiger partial charge >= 0.3 is 7.60 Å². The van der Waals surface area contributed by atoms with Crippen molar-refractivity contribution in [2.75, 3.05) is 17.2 Å². The van der Waals surface area contributed by atoms with Crippen molar-refractivity contribution in [2.24, 2.45) is 10.9 Å². The number of nitrogens with zero attached hydrogens (tertiary/aromatic N) is 1. The van der Waals surface area contributed by atoms with E-state index >= 15 is 0 Å². The summed E-state index contributed by atoms with van der Waals surface area (Å²) in [6, 6.07) is 12.8. The first-order valence-electron chi connectivity index (χ1n) is 10.9. The van der Waals surface area contributed by atoms with E-state index in [1.165, 1.54) is 12.1 Å². The molecular weight excluding hydrogens is 493 g/mol. The summed E-state index contributed by atoms with van der Waals surface area (Å²) in [6.45, 7) is 8.06. The highest BCUT2D eigenvalue weighted by molar-refractivity contribution is 7.60. The van der Waals surface area contributed by atoms with E-state index in [1.807, 2.05) is 27.7 Å². The van der Waals surface area contributed by atoms with E-state index < -0.39 is 13.1 Å². The summed E-state index contributed by atoms with van der Waals surface area (Å²) in [5, 5.41) is 9.43. The van der Waals surface area contributed by atoms with Crippen LogP contribution in [0.2, 0.25) is 0 Å². The van der Waals surface area contributed by atoms with Crippen molar-refractivity contribution in [1.29, 1.82) is 0 Å². The third kappa shape index (κ3) is 7.06. The van der Waals surface area contributed by atoms with E-state index in [1.54, 1.807) is 36.4 Å². The molecule has 1 aliphatic rings. The molecule has 1 aliphatic heterocycles. The zero-order valence-corrected chi connectivity index (χ0v) is 21.4. The number of hydrogen-bond donors (Lipinski definition) is 6. The number of para-hydroxylation sites is 1. The summed E-state index contributed by atoms with van der Waals surface area (Å²) in [6.07, 6.45) is 0. The minimum atomic E-state index is -4.52. The molecule has 0 saturated carbocycles. The molecule has 0 bridgehead atoms. The van der Waals surface area contributed by atoms with Gasteiger partial charge in [0.05, 0.1) is 28.2 Å². The normalized spacial score (nSPS) is 15.4. The maximum Gasteiger partial charge on any atom is 0.358 e. The number of hydroxylamine groups is 1. The van der Waals surface area contributed by atoms with E-state index in [-0.39, 0.29) is 22.7 Å². The maximum atomic E-state index is 12.2. The van der Waals surface area contributed by atoms with Crippen LogP contribution in [0.25, 0.3) is 0 Å². The predicted molar refractivity (Wildman–Crippen MR) is 138 cm³/mol. The summed E-state index contributed by atoms with van der Waals surface area (Å²) < 4.78 is 11.9. The van der Waals surface area contributed by atoms with E-state index in [4.69, 9.17) is 16.4 Å². The molecule has 0 aromatic heterocycles. The summed E-state index contributed by atoms with van der Waals surface area (Å²) in [4.78, 5) is 41.2. The van der Waals surface area contributed by atoms with Gasteiger partial charge in [-0.2, -0.15) is 4.99 Å². The fraction of sp³-hybridized carbons (Fsp3) is 0.304. The number of benzene rings is 2.